The Balaban J connectivity index is 0.000000621. The van der Waals surface area contributed by atoms with Crippen LogP contribution in [0.2, 0.25) is 0 Å². The molecule has 0 spiro atoms. The number of aliphatic hydroxyl groups excluding tert-OH is 1. The first-order valence-corrected chi connectivity index (χ1v) is 12.3. The van der Waals surface area contributed by atoms with Crippen molar-refractivity contribution in [2.45, 2.75) is 125 Å². The van der Waals surface area contributed by atoms with Gasteiger partial charge in [-0.15, -0.1) is 0 Å². The van der Waals surface area contributed by atoms with E-state index in [0.29, 0.717) is 28.7 Å². The lowest BCUT2D eigenvalue weighted by Crippen LogP contribution is -2.36. The minimum absolute atomic E-state index is 0.0933. The molecule has 168 valence electrons. The van der Waals surface area contributed by atoms with E-state index in [9.17, 15) is 5.11 Å². The molecule has 4 unspecified atom stereocenters. The van der Waals surface area contributed by atoms with Crippen LogP contribution >= 0.6 is 12.6 Å². The van der Waals surface area contributed by atoms with Crippen LogP contribution < -0.4 is 5.32 Å². The summed E-state index contributed by atoms with van der Waals surface area (Å²) in [5.41, 5.74) is 2.01. The Morgan fingerprint density at radius 2 is 1.75 bits per heavy atom. The van der Waals surface area contributed by atoms with Crippen molar-refractivity contribution < 1.29 is 5.11 Å². The second-order valence-electron chi connectivity index (χ2n) is 10.2. The molecule has 0 aliphatic heterocycles. The number of aliphatic hydroxyl groups is 1. The van der Waals surface area contributed by atoms with Gasteiger partial charge in [0, 0.05) is 11.4 Å². The van der Waals surface area contributed by atoms with Gasteiger partial charge in [0.2, 0.25) is 0 Å². The molecule has 0 aromatic carbocycles. The third-order valence-corrected chi connectivity index (χ3v) is 6.60. The van der Waals surface area contributed by atoms with E-state index < -0.39 is 0 Å². The number of thiol groups is 1. The van der Waals surface area contributed by atoms with Crippen molar-refractivity contribution in [3.05, 3.63) is 11.6 Å². The summed E-state index contributed by atoms with van der Waals surface area (Å²) in [6.07, 6.45) is 10.2. The Morgan fingerprint density at radius 1 is 1.14 bits per heavy atom. The number of nitrogens with one attached hydrogen (secondary N) is 1. The predicted octanol–water partition coefficient (Wildman–Crippen LogP) is 7.23. The molecule has 0 amide bonds. The number of hydrogen-bond donors (Lipinski definition) is 3. The molecule has 0 aromatic heterocycles. The highest BCUT2D eigenvalue weighted by Gasteiger charge is 2.31. The molecule has 0 aromatic rings. The van der Waals surface area contributed by atoms with E-state index in [1.165, 1.54) is 25.7 Å². The Labute approximate surface area is 182 Å². The topological polar surface area (TPSA) is 32.3 Å². The van der Waals surface area contributed by atoms with E-state index in [1.807, 2.05) is 0 Å². The minimum atomic E-state index is -0.0933. The number of hydrogen-bond acceptors (Lipinski definition) is 3. The van der Waals surface area contributed by atoms with Gasteiger partial charge in [-0.25, -0.2) is 0 Å². The fraction of sp³-hybridized carbons (Fsp3) is 0.920. The summed E-state index contributed by atoms with van der Waals surface area (Å²) in [6, 6.07) is 0.618. The maximum atomic E-state index is 9.64. The average molecular weight is 414 g/mol. The molecule has 0 fully saturated rings. The van der Waals surface area contributed by atoms with Gasteiger partial charge in [0.1, 0.15) is 0 Å². The third kappa shape index (κ3) is 11.3. The summed E-state index contributed by atoms with van der Waals surface area (Å²) < 4.78 is 0. The largest absolute Gasteiger partial charge is 0.393 e. The van der Waals surface area contributed by atoms with Crippen molar-refractivity contribution in [3.63, 3.8) is 0 Å². The van der Waals surface area contributed by atoms with E-state index in [4.69, 9.17) is 0 Å². The van der Waals surface area contributed by atoms with Gasteiger partial charge in [-0.05, 0) is 62.2 Å². The Kier molecular flexibility index (Phi) is 14.1. The van der Waals surface area contributed by atoms with Crippen molar-refractivity contribution in [1.29, 1.82) is 0 Å². The van der Waals surface area contributed by atoms with Crippen LogP contribution in [-0.4, -0.2) is 22.6 Å². The van der Waals surface area contributed by atoms with E-state index >= 15 is 0 Å². The van der Waals surface area contributed by atoms with Crippen LogP contribution in [-0.2, 0) is 0 Å². The quantitative estimate of drug-likeness (QED) is 0.200. The molecule has 0 saturated heterocycles. The lowest BCUT2D eigenvalue weighted by atomic mass is 9.68. The first-order valence-electron chi connectivity index (χ1n) is 11.8. The molecule has 0 heterocycles. The zero-order valence-electron chi connectivity index (χ0n) is 20.4. The van der Waals surface area contributed by atoms with Crippen LogP contribution in [0.1, 0.15) is 107 Å². The highest BCUT2D eigenvalue weighted by Crippen LogP contribution is 2.42. The highest BCUT2D eigenvalue weighted by molar-refractivity contribution is 7.80. The normalized spacial score (nSPS) is 21.0. The first-order chi connectivity index (χ1) is 12.9. The SMILES string of the molecule is CCC(C)(C)C(CCC(C)C)C1=CCC(O)CC1.CCC(NC(C)S)C(C)C. The van der Waals surface area contributed by atoms with Gasteiger partial charge >= 0.3 is 0 Å². The van der Waals surface area contributed by atoms with Crippen molar-refractivity contribution in [1.82, 2.24) is 5.32 Å². The Bertz CT molecular complexity index is 428. The molecule has 28 heavy (non-hydrogen) atoms. The third-order valence-electron chi connectivity index (χ3n) is 6.45. The zero-order valence-corrected chi connectivity index (χ0v) is 21.3. The van der Waals surface area contributed by atoms with Crippen molar-refractivity contribution in [3.8, 4) is 0 Å². The van der Waals surface area contributed by atoms with Crippen molar-refractivity contribution in [2.24, 2.45) is 23.2 Å². The monoisotopic (exact) mass is 413 g/mol. The summed E-state index contributed by atoms with van der Waals surface area (Å²) >= 11 is 4.27. The van der Waals surface area contributed by atoms with Crippen LogP contribution in [0.25, 0.3) is 0 Å². The van der Waals surface area contributed by atoms with Crippen LogP contribution in [0.3, 0.4) is 0 Å². The Hall–Kier alpha value is 0.0100. The molecule has 0 saturated carbocycles. The predicted molar refractivity (Wildman–Crippen MR) is 130 cm³/mol. The average Bonchev–Trinajstić information content (AvgIpc) is 2.61. The van der Waals surface area contributed by atoms with Gasteiger partial charge in [-0.3, -0.25) is 0 Å². The van der Waals surface area contributed by atoms with Gasteiger partial charge in [0.25, 0.3) is 0 Å². The molecule has 2 nitrogen and oxygen atoms in total. The van der Waals surface area contributed by atoms with Crippen molar-refractivity contribution in [2.75, 3.05) is 0 Å². The van der Waals surface area contributed by atoms with Crippen molar-refractivity contribution >= 4 is 12.6 Å². The molecule has 3 heteroatoms. The molecular weight excluding hydrogens is 362 g/mol. The van der Waals surface area contributed by atoms with Crippen LogP contribution in [0, 0.1) is 23.2 Å². The lowest BCUT2D eigenvalue weighted by molar-refractivity contribution is 0.149. The molecule has 1 rings (SSSR count). The van der Waals surface area contributed by atoms with Gasteiger partial charge < -0.3 is 10.4 Å². The van der Waals surface area contributed by atoms with Gasteiger partial charge in [-0.1, -0.05) is 79.9 Å². The van der Waals surface area contributed by atoms with Gasteiger partial charge in [0.05, 0.1) is 6.10 Å². The minimum Gasteiger partial charge on any atom is -0.393 e. The van der Waals surface area contributed by atoms with Gasteiger partial charge in [-0.2, -0.15) is 12.6 Å². The molecule has 2 N–H and O–H groups in total. The molecule has 1 aliphatic rings. The maximum absolute atomic E-state index is 9.64. The zero-order chi connectivity index (χ0) is 21.9. The maximum Gasteiger partial charge on any atom is 0.0577 e. The van der Waals surface area contributed by atoms with Crippen LogP contribution in [0.4, 0.5) is 0 Å². The summed E-state index contributed by atoms with van der Waals surface area (Å²) in [5, 5.41) is 13.3. The van der Waals surface area contributed by atoms with Gasteiger partial charge in [0.15, 0.2) is 0 Å². The van der Waals surface area contributed by atoms with E-state index in [2.05, 4.69) is 86.3 Å². The summed E-state index contributed by atoms with van der Waals surface area (Å²) in [5.74, 6) is 2.20. The van der Waals surface area contributed by atoms with E-state index in [0.717, 1.165) is 25.2 Å². The number of rotatable bonds is 10. The molecule has 0 radical (unpaired) electrons. The fourth-order valence-corrected chi connectivity index (χ4v) is 4.26. The summed E-state index contributed by atoms with van der Waals surface area (Å²) in [7, 11) is 0. The lowest BCUT2D eigenvalue weighted by Gasteiger charge is -2.38. The van der Waals surface area contributed by atoms with E-state index in [-0.39, 0.29) is 6.10 Å². The fourth-order valence-electron chi connectivity index (χ4n) is 4.07. The Morgan fingerprint density at radius 3 is 2.07 bits per heavy atom. The van der Waals surface area contributed by atoms with Crippen LogP contribution in [0.5, 0.6) is 0 Å². The number of allylic oxidation sites excluding steroid dienone is 1. The highest BCUT2D eigenvalue weighted by atomic mass is 32.1. The second-order valence-corrected chi connectivity index (χ2v) is 10.9. The molecule has 0 bridgehead atoms. The first kappa shape index (κ1) is 28.0. The molecule has 4 atom stereocenters. The second kappa shape index (κ2) is 14.1. The summed E-state index contributed by atoms with van der Waals surface area (Å²) in [6.45, 7) is 20.5. The summed E-state index contributed by atoms with van der Waals surface area (Å²) in [4.78, 5) is 0. The standard InChI is InChI=1S/C17H32O.C8H19NS/c1-6-17(4,5)16(12-7-13(2)3)14-8-10-15(18)11-9-14;1-5-8(6(2)3)9-7(4)10/h8,13,15-16,18H,6-7,9-12H2,1-5H3;6-10H,5H2,1-4H3. The molecule has 1 aliphatic carbocycles. The molecular formula is C25H51NOS. The van der Waals surface area contributed by atoms with Crippen LogP contribution in [0.15, 0.2) is 11.6 Å². The smallest absolute Gasteiger partial charge is 0.0577 e. The van der Waals surface area contributed by atoms with E-state index in [1.54, 1.807) is 5.57 Å².